The molecule has 0 saturated carbocycles. The minimum absolute atomic E-state index is 0.130. The van der Waals surface area contributed by atoms with Crippen molar-refractivity contribution >= 4 is 17.8 Å². The lowest BCUT2D eigenvalue weighted by Gasteiger charge is -2.41. The van der Waals surface area contributed by atoms with Gasteiger partial charge in [0.25, 0.3) is 0 Å². The van der Waals surface area contributed by atoms with Crippen LogP contribution in [0.25, 0.3) is 5.95 Å². The first-order valence-corrected chi connectivity index (χ1v) is 13.9. The fourth-order valence-electron chi connectivity index (χ4n) is 4.90. The van der Waals surface area contributed by atoms with Crippen LogP contribution in [0.4, 0.5) is 10.6 Å². The second-order valence-electron chi connectivity index (χ2n) is 10.1. The molecular weight excluding hydrogens is 534 g/mol. The second kappa shape index (κ2) is 13.6. The highest BCUT2D eigenvalue weighted by Crippen LogP contribution is 2.22. The van der Waals surface area contributed by atoms with Gasteiger partial charge < -0.3 is 24.6 Å². The Balaban J connectivity index is 1.26. The molecule has 1 N–H and O–H groups in total. The molecule has 218 valence electrons. The maximum absolute atomic E-state index is 13.2. The predicted octanol–water partition coefficient (Wildman–Crippen LogP) is 3.56. The predicted molar refractivity (Wildman–Crippen MR) is 158 cm³/mol. The van der Waals surface area contributed by atoms with Crippen LogP contribution in [0, 0.1) is 6.92 Å². The maximum Gasteiger partial charge on any atom is 0.410 e. The normalized spacial score (nSPS) is 14.9. The Hall–Kier alpha value is -4.93. The van der Waals surface area contributed by atoms with Crippen LogP contribution in [0.15, 0.2) is 79.4 Å². The molecule has 0 radical (unpaired) electrons. The van der Waals surface area contributed by atoms with Crippen LogP contribution in [0.2, 0.25) is 0 Å². The number of rotatable bonds is 10. The smallest absolute Gasteiger partial charge is 0.410 e. The molecule has 11 nitrogen and oxygen atoms in total. The van der Waals surface area contributed by atoms with Crippen molar-refractivity contribution in [2.75, 3.05) is 38.2 Å². The summed E-state index contributed by atoms with van der Waals surface area (Å²) in [6.07, 6.45) is 5.50. The average Bonchev–Trinajstić information content (AvgIpc) is 3.56. The number of hydrogen-bond acceptors (Lipinski definition) is 8. The Kier molecular flexibility index (Phi) is 9.27. The molecule has 1 atom stereocenters. The second-order valence-corrected chi connectivity index (χ2v) is 10.1. The van der Waals surface area contributed by atoms with Gasteiger partial charge in [-0.15, -0.1) is 0 Å². The minimum Gasteiger partial charge on any atom is -0.497 e. The number of aromatic nitrogens is 4. The van der Waals surface area contributed by atoms with Gasteiger partial charge in [-0.05, 0) is 36.6 Å². The van der Waals surface area contributed by atoms with Crippen LogP contribution >= 0.6 is 0 Å². The number of imidazole rings is 1. The van der Waals surface area contributed by atoms with Gasteiger partial charge in [-0.25, -0.2) is 14.8 Å². The number of methoxy groups -OCH3 is 1. The fourth-order valence-corrected chi connectivity index (χ4v) is 4.90. The molecule has 2 amide bonds. The highest BCUT2D eigenvalue weighted by molar-refractivity contribution is 5.78. The first kappa shape index (κ1) is 28.6. The Labute approximate surface area is 245 Å². The fraction of sp³-hybridized carbons (Fsp3) is 0.323. The summed E-state index contributed by atoms with van der Waals surface area (Å²) >= 11 is 0. The molecule has 11 heteroatoms. The third kappa shape index (κ3) is 7.42. The van der Waals surface area contributed by atoms with E-state index in [0.717, 1.165) is 28.4 Å². The quantitative estimate of drug-likeness (QED) is 0.308. The summed E-state index contributed by atoms with van der Waals surface area (Å²) in [4.78, 5) is 43.4. The molecule has 1 unspecified atom stereocenters. The van der Waals surface area contributed by atoms with Gasteiger partial charge in [0.05, 0.1) is 13.2 Å². The number of benzene rings is 2. The van der Waals surface area contributed by atoms with E-state index in [1.807, 2.05) is 67.6 Å². The zero-order chi connectivity index (χ0) is 29.3. The molecule has 42 heavy (non-hydrogen) atoms. The summed E-state index contributed by atoms with van der Waals surface area (Å²) in [7, 11) is 1.63. The third-order valence-electron chi connectivity index (χ3n) is 7.13. The van der Waals surface area contributed by atoms with E-state index in [4.69, 9.17) is 14.5 Å². The molecule has 2 aromatic carbocycles. The van der Waals surface area contributed by atoms with E-state index in [2.05, 4.69) is 20.2 Å². The van der Waals surface area contributed by atoms with Crippen LogP contribution < -0.4 is 15.0 Å². The molecule has 1 fully saturated rings. The number of amides is 2. The third-order valence-corrected chi connectivity index (χ3v) is 7.13. The molecule has 0 aliphatic carbocycles. The van der Waals surface area contributed by atoms with Gasteiger partial charge in [-0.2, -0.15) is 4.98 Å². The molecule has 3 heterocycles. The number of ether oxygens (including phenoxy) is 2. The monoisotopic (exact) mass is 569 g/mol. The van der Waals surface area contributed by atoms with Crippen LogP contribution in [0.3, 0.4) is 0 Å². The highest BCUT2D eigenvalue weighted by atomic mass is 16.6. The lowest BCUT2D eigenvalue weighted by atomic mass is 10.1. The number of nitrogens with zero attached hydrogens (tertiary/aromatic N) is 6. The Bertz CT molecular complexity index is 1460. The van der Waals surface area contributed by atoms with Gasteiger partial charge in [0.15, 0.2) is 0 Å². The molecule has 0 bridgehead atoms. The van der Waals surface area contributed by atoms with Crippen LogP contribution in [-0.2, 0) is 22.6 Å². The number of anilines is 1. The van der Waals surface area contributed by atoms with Crippen molar-refractivity contribution in [1.29, 1.82) is 0 Å². The molecule has 0 spiro atoms. The van der Waals surface area contributed by atoms with Crippen molar-refractivity contribution in [2.45, 2.75) is 32.4 Å². The lowest BCUT2D eigenvalue weighted by molar-refractivity contribution is -0.122. The average molecular weight is 570 g/mol. The first-order chi connectivity index (χ1) is 20.5. The molecule has 2 aromatic heterocycles. The summed E-state index contributed by atoms with van der Waals surface area (Å²) in [5, 5.41) is 3.01. The van der Waals surface area contributed by atoms with Crippen LogP contribution in [-0.4, -0.2) is 75.8 Å². The molecule has 5 rings (SSSR count). The van der Waals surface area contributed by atoms with Crippen molar-refractivity contribution in [1.82, 2.24) is 29.7 Å². The van der Waals surface area contributed by atoms with Crippen LogP contribution in [0.1, 0.15) is 23.2 Å². The van der Waals surface area contributed by atoms with E-state index in [-0.39, 0.29) is 18.9 Å². The number of piperazine rings is 1. The van der Waals surface area contributed by atoms with E-state index in [0.29, 0.717) is 38.5 Å². The standard InChI is InChI=1S/C31H35N7O4/c1-23-18-28(35-30(34-23)37-15-14-32-22-37)36-16-17-38(31(40)42-21-25-6-4-3-5-7-25)26(20-36)19-29(39)33-13-12-24-8-10-27(41-2)11-9-24/h3-11,14-15,18,22,26H,12-13,16-17,19-21H2,1-2H3,(H,33,39). The van der Waals surface area contributed by atoms with Crippen molar-refractivity contribution in [3.8, 4) is 11.7 Å². The van der Waals surface area contributed by atoms with E-state index >= 15 is 0 Å². The van der Waals surface area contributed by atoms with Crippen molar-refractivity contribution in [2.24, 2.45) is 0 Å². The Morgan fingerprint density at radius 1 is 1.02 bits per heavy atom. The summed E-state index contributed by atoms with van der Waals surface area (Å²) < 4.78 is 12.6. The maximum atomic E-state index is 13.2. The van der Waals surface area contributed by atoms with Gasteiger partial charge in [-0.3, -0.25) is 9.36 Å². The zero-order valence-corrected chi connectivity index (χ0v) is 23.8. The van der Waals surface area contributed by atoms with Crippen molar-refractivity contribution < 1.29 is 19.1 Å². The largest absolute Gasteiger partial charge is 0.497 e. The van der Waals surface area contributed by atoms with Crippen LogP contribution in [0.5, 0.6) is 5.75 Å². The minimum atomic E-state index is -0.437. The number of nitrogens with one attached hydrogen (secondary N) is 1. The van der Waals surface area contributed by atoms with Gasteiger partial charge in [0, 0.05) is 56.8 Å². The Morgan fingerprint density at radius 2 is 1.83 bits per heavy atom. The van der Waals surface area contributed by atoms with E-state index < -0.39 is 12.1 Å². The van der Waals surface area contributed by atoms with E-state index in [1.165, 1.54) is 0 Å². The Morgan fingerprint density at radius 3 is 2.57 bits per heavy atom. The van der Waals surface area contributed by atoms with Gasteiger partial charge in [0.1, 0.15) is 24.5 Å². The number of aryl methyl sites for hydroxylation is 1. The molecule has 1 aliphatic heterocycles. The highest BCUT2D eigenvalue weighted by Gasteiger charge is 2.34. The molecule has 1 saturated heterocycles. The molecule has 1 aliphatic rings. The zero-order valence-electron chi connectivity index (χ0n) is 23.8. The molecular formula is C31H35N7O4. The van der Waals surface area contributed by atoms with Gasteiger partial charge in [-0.1, -0.05) is 42.5 Å². The van der Waals surface area contributed by atoms with E-state index in [1.54, 1.807) is 35.3 Å². The lowest BCUT2D eigenvalue weighted by Crippen LogP contribution is -2.57. The van der Waals surface area contributed by atoms with Gasteiger partial charge >= 0.3 is 6.09 Å². The van der Waals surface area contributed by atoms with Crippen molar-refractivity contribution in [3.63, 3.8) is 0 Å². The topological polar surface area (TPSA) is 115 Å². The summed E-state index contributed by atoms with van der Waals surface area (Å²) in [5.74, 6) is 1.91. The number of carbonyl (C=O) groups excluding carboxylic acids is 2. The molecule has 4 aromatic rings. The number of carbonyl (C=O) groups is 2. The van der Waals surface area contributed by atoms with Gasteiger partial charge in [0.2, 0.25) is 11.9 Å². The summed E-state index contributed by atoms with van der Waals surface area (Å²) in [6, 6.07) is 18.8. The summed E-state index contributed by atoms with van der Waals surface area (Å²) in [5.41, 5.74) is 2.81. The number of hydrogen-bond donors (Lipinski definition) is 1. The first-order valence-electron chi connectivity index (χ1n) is 13.9. The SMILES string of the molecule is COc1ccc(CCNC(=O)CC2CN(c3cc(C)nc(-n4ccnc4)n3)CCN2C(=O)OCc2ccccc2)cc1. The van der Waals surface area contributed by atoms with E-state index in [9.17, 15) is 9.59 Å². The van der Waals surface area contributed by atoms with Crippen molar-refractivity contribution in [3.05, 3.63) is 96.2 Å². The summed E-state index contributed by atoms with van der Waals surface area (Å²) in [6.45, 7) is 3.92.